The summed E-state index contributed by atoms with van der Waals surface area (Å²) in [6.45, 7) is 4.01. The Balaban J connectivity index is 1.75. The molecule has 0 saturated heterocycles. The minimum absolute atomic E-state index is 0.357. The zero-order chi connectivity index (χ0) is 21.8. The summed E-state index contributed by atoms with van der Waals surface area (Å²) < 4.78 is 37.9. The Morgan fingerprint density at radius 2 is 1.80 bits per heavy atom. The lowest BCUT2D eigenvalue weighted by atomic mass is 10.1. The normalized spacial score (nSPS) is 21.4. The molecule has 0 radical (unpaired) electrons. The summed E-state index contributed by atoms with van der Waals surface area (Å²) in [5, 5.41) is 0.710. The van der Waals surface area contributed by atoms with E-state index in [1.165, 1.54) is 30.2 Å². The molecule has 0 fully saturated rings. The summed E-state index contributed by atoms with van der Waals surface area (Å²) in [7, 11) is -3.67. The van der Waals surface area contributed by atoms with Crippen molar-refractivity contribution in [1.82, 2.24) is 0 Å². The predicted molar refractivity (Wildman–Crippen MR) is 119 cm³/mol. The number of thioether (sulfide) groups is 1. The van der Waals surface area contributed by atoms with Crippen LogP contribution < -0.4 is 21.3 Å². The number of aliphatic imine (C=N–C) groups is 1. The first-order valence-corrected chi connectivity index (χ1v) is 12.0. The molecule has 0 amide bonds. The van der Waals surface area contributed by atoms with Crippen molar-refractivity contribution in [3.63, 3.8) is 0 Å². The third-order valence-electron chi connectivity index (χ3n) is 5.14. The fraction of sp³-hybridized carbons (Fsp3) is 0.250. The van der Waals surface area contributed by atoms with Crippen molar-refractivity contribution >= 4 is 39.3 Å². The molecule has 0 saturated carbocycles. The van der Waals surface area contributed by atoms with Crippen molar-refractivity contribution in [2.45, 2.75) is 30.4 Å². The van der Waals surface area contributed by atoms with Gasteiger partial charge in [-0.15, -0.1) is 0 Å². The molecule has 2 aromatic rings. The van der Waals surface area contributed by atoms with Gasteiger partial charge < -0.3 is 21.3 Å². The highest BCUT2D eigenvalue weighted by Crippen LogP contribution is 2.45. The number of para-hydroxylation sites is 1. The van der Waals surface area contributed by atoms with E-state index in [-0.39, 0.29) is 4.90 Å². The highest BCUT2D eigenvalue weighted by atomic mass is 32.2. The Morgan fingerprint density at radius 3 is 2.40 bits per heavy atom. The van der Waals surface area contributed by atoms with Crippen LogP contribution in [0.3, 0.4) is 0 Å². The highest BCUT2D eigenvalue weighted by molar-refractivity contribution is 8.04. The Bertz CT molecular complexity index is 1180. The molecular weight excluding hydrogens is 425 g/mol. The summed E-state index contributed by atoms with van der Waals surface area (Å²) in [6.07, 6.45) is 1.81. The molecule has 0 aromatic heterocycles. The van der Waals surface area contributed by atoms with E-state index in [4.69, 9.17) is 11.5 Å². The lowest BCUT2D eigenvalue weighted by Gasteiger charge is -2.36. The molecule has 2 heterocycles. The van der Waals surface area contributed by atoms with Gasteiger partial charge in [0.1, 0.15) is 27.4 Å². The molecule has 158 valence electrons. The van der Waals surface area contributed by atoms with Crippen LogP contribution >= 0.6 is 11.8 Å². The molecule has 2 aliphatic rings. The molecule has 10 heteroatoms. The number of halogens is 1. The SMILES string of the molecule is Cc1cccc(C)c1N1C2=C(N=CN(c3ccc(S(C)(=O)=O)c(F)c3)C2N)SC1N. The quantitative estimate of drug-likeness (QED) is 0.745. The fourth-order valence-corrected chi connectivity index (χ4v) is 5.49. The Labute approximate surface area is 179 Å². The number of nitrogens with zero attached hydrogens (tertiary/aromatic N) is 3. The number of benzene rings is 2. The van der Waals surface area contributed by atoms with Gasteiger partial charge in [0, 0.05) is 17.6 Å². The predicted octanol–water partition coefficient (Wildman–Crippen LogP) is 2.64. The number of sulfone groups is 1. The topological polar surface area (TPSA) is 105 Å². The van der Waals surface area contributed by atoms with Gasteiger partial charge in [-0.25, -0.2) is 17.8 Å². The molecule has 2 aliphatic heterocycles. The monoisotopic (exact) mass is 447 g/mol. The average molecular weight is 448 g/mol. The first-order valence-electron chi connectivity index (χ1n) is 9.19. The van der Waals surface area contributed by atoms with E-state index in [1.54, 1.807) is 4.90 Å². The molecular formula is C20H22FN5O2S2. The van der Waals surface area contributed by atoms with Gasteiger partial charge in [-0.1, -0.05) is 30.0 Å². The van der Waals surface area contributed by atoms with Crippen LogP contribution in [0.25, 0.3) is 0 Å². The van der Waals surface area contributed by atoms with Gasteiger partial charge in [-0.2, -0.15) is 0 Å². The molecule has 7 nitrogen and oxygen atoms in total. The molecule has 0 spiro atoms. The van der Waals surface area contributed by atoms with Gasteiger partial charge in [0.15, 0.2) is 9.84 Å². The van der Waals surface area contributed by atoms with Gasteiger partial charge >= 0.3 is 0 Å². The molecule has 4 N–H and O–H groups in total. The van der Waals surface area contributed by atoms with E-state index < -0.39 is 27.3 Å². The number of anilines is 2. The van der Waals surface area contributed by atoms with Crippen molar-refractivity contribution in [2.75, 3.05) is 16.1 Å². The maximum Gasteiger partial charge on any atom is 0.178 e. The molecule has 0 bridgehead atoms. The third kappa shape index (κ3) is 3.39. The van der Waals surface area contributed by atoms with Crippen molar-refractivity contribution in [1.29, 1.82) is 0 Å². The van der Waals surface area contributed by atoms with Gasteiger partial charge in [-0.3, -0.25) is 0 Å². The van der Waals surface area contributed by atoms with Crippen molar-refractivity contribution in [2.24, 2.45) is 16.5 Å². The van der Waals surface area contributed by atoms with Crippen LogP contribution in [0.15, 0.2) is 57.0 Å². The first kappa shape index (κ1) is 20.9. The molecule has 30 heavy (non-hydrogen) atoms. The van der Waals surface area contributed by atoms with Crippen LogP contribution in [0.2, 0.25) is 0 Å². The fourth-order valence-electron chi connectivity index (χ4n) is 3.76. The Hall–Kier alpha value is -2.40. The molecule has 2 aromatic carbocycles. The number of nitrogens with two attached hydrogens (primary N) is 2. The Kier molecular flexibility index (Phi) is 5.13. The summed E-state index contributed by atoms with van der Waals surface area (Å²) in [5.41, 5.74) is 16.8. The van der Waals surface area contributed by atoms with E-state index in [9.17, 15) is 12.8 Å². The Morgan fingerprint density at radius 1 is 1.13 bits per heavy atom. The minimum atomic E-state index is -3.67. The van der Waals surface area contributed by atoms with E-state index in [1.807, 2.05) is 36.9 Å². The summed E-state index contributed by atoms with van der Waals surface area (Å²) in [4.78, 5) is 7.71. The number of hydrogen-bond donors (Lipinski definition) is 2. The third-order valence-corrected chi connectivity index (χ3v) is 7.26. The van der Waals surface area contributed by atoms with E-state index in [0.29, 0.717) is 10.7 Å². The van der Waals surface area contributed by atoms with Gasteiger partial charge in [0.05, 0.1) is 12.0 Å². The second-order valence-corrected chi connectivity index (χ2v) is 10.4. The maximum absolute atomic E-state index is 14.5. The number of hydrogen-bond acceptors (Lipinski definition) is 8. The smallest absolute Gasteiger partial charge is 0.178 e. The zero-order valence-electron chi connectivity index (χ0n) is 16.7. The van der Waals surface area contributed by atoms with Crippen LogP contribution in [0.5, 0.6) is 0 Å². The summed E-state index contributed by atoms with van der Waals surface area (Å²) in [5.74, 6) is -0.834. The van der Waals surface area contributed by atoms with E-state index >= 15 is 0 Å². The molecule has 4 rings (SSSR count). The van der Waals surface area contributed by atoms with Gasteiger partial charge in [0.25, 0.3) is 0 Å². The van der Waals surface area contributed by atoms with Crippen molar-refractivity contribution in [3.8, 4) is 0 Å². The van der Waals surface area contributed by atoms with Crippen LogP contribution in [0.4, 0.5) is 15.8 Å². The van der Waals surface area contributed by atoms with Crippen molar-refractivity contribution < 1.29 is 12.8 Å². The minimum Gasteiger partial charge on any atom is -0.314 e. The lowest BCUT2D eigenvalue weighted by Crippen LogP contribution is -2.51. The van der Waals surface area contributed by atoms with Crippen LogP contribution in [-0.4, -0.2) is 32.7 Å². The van der Waals surface area contributed by atoms with Gasteiger partial charge in [-0.05, 0) is 43.2 Å². The summed E-state index contributed by atoms with van der Waals surface area (Å²) in [6, 6.07) is 9.90. The van der Waals surface area contributed by atoms with Crippen LogP contribution in [0, 0.1) is 19.7 Å². The van der Waals surface area contributed by atoms with E-state index in [0.717, 1.165) is 34.8 Å². The van der Waals surface area contributed by atoms with Crippen molar-refractivity contribution in [3.05, 3.63) is 64.1 Å². The standard InChI is InChI=1S/C20H22FN5O2S2/c1-11-5-4-6-12(2)16(11)26-17-18(22)25(10-24-19(17)29-20(26)23)13-7-8-15(14(21)9-13)30(3,27)28/h4-10,18,20H,22-23H2,1-3H3. The molecule has 2 atom stereocenters. The average Bonchev–Trinajstić information content (AvgIpc) is 2.98. The van der Waals surface area contributed by atoms with E-state index in [2.05, 4.69) is 4.99 Å². The maximum atomic E-state index is 14.5. The largest absolute Gasteiger partial charge is 0.314 e. The first-order chi connectivity index (χ1) is 14.1. The second-order valence-electron chi connectivity index (χ2n) is 7.29. The summed E-state index contributed by atoms with van der Waals surface area (Å²) >= 11 is 1.41. The second kappa shape index (κ2) is 7.38. The number of rotatable bonds is 3. The zero-order valence-corrected chi connectivity index (χ0v) is 18.3. The van der Waals surface area contributed by atoms with Crippen LogP contribution in [0.1, 0.15) is 11.1 Å². The van der Waals surface area contributed by atoms with Gasteiger partial charge in [0.2, 0.25) is 0 Å². The van der Waals surface area contributed by atoms with Crippen LogP contribution in [-0.2, 0) is 9.84 Å². The molecule has 2 unspecified atom stereocenters. The lowest BCUT2D eigenvalue weighted by molar-refractivity contribution is 0.570. The number of aryl methyl sites for hydroxylation is 2. The highest BCUT2D eigenvalue weighted by Gasteiger charge is 2.40. The molecule has 0 aliphatic carbocycles.